The molecule has 0 spiro atoms. The smallest absolute Gasteiger partial charge is 0.277 e. The standard InChI is InChI=1S/C12H19N3O2S/c1-3-11-9-14(2)12-7-5-4-6-10(12)8-15(11)18(13,16)17/h4-7,11H,3,8-9H2,1-2H3,(H2,13,16,17). The molecule has 6 heteroatoms. The van der Waals surface area contributed by atoms with E-state index in [2.05, 4.69) is 4.90 Å². The molecule has 1 heterocycles. The molecule has 1 aliphatic rings. The van der Waals surface area contributed by atoms with Gasteiger partial charge in [-0.15, -0.1) is 0 Å². The molecule has 5 nitrogen and oxygen atoms in total. The molecule has 1 unspecified atom stereocenters. The van der Waals surface area contributed by atoms with Crippen LogP contribution in [0.15, 0.2) is 24.3 Å². The lowest BCUT2D eigenvalue weighted by atomic mass is 10.1. The highest BCUT2D eigenvalue weighted by Crippen LogP contribution is 2.27. The van der Waals surface area contributed by atoms with Gasteiger partial charge in [0.2, 0.25) is 0 Å². The minimum Gasteiger partial charge on any atom is -0.373 e. The van der Waals surface area contributed by atoms with Crippen molar-refractivity contribution in [2.75, 3.05) is 18.5 Å². The van der Waals surface area contributed by atoms with Crippen LogP contribution in [0.3, 0.4) is 0 Å². The second kappa shape index (κ2) is 4.87. The first-order valence-corrected chi connectivity index (χ1v) is 7.52. The average molecular weight is 269 g/mol. The third kappa shape index (κ3) is 2.50. The molecule has 1 atom stereocenters. The number of benzene rings is 1. The number of nitrogens with two attached hydrogens (primary N) is 1. The highest BCUT2D eigenvalue weighted by atomic mass is 32.2. The van der Waals surface area contributed by atoms with Crippen LogP contribution in [0.25, 0.3) is 0 Å². The molecule has 1 aromatic carbocycles. The number of para-hydroxylation sites is 1. The zero-order valence-electron chi connectivity index (χ0n) is 10.7. The number of fused-ring (bicyclic) bond motifs is 1. The highest BCUT2D eigenvalue weighted by molar-refractivity contribution is 7.86. The largest absolute Gasteiger partial charge is 0.373 e. The third-order valence-electron chi connectivity index (χ3n) is 3.42. The predicted octanol–water partition coefficient (Wildman–Crippen LogP) is 0.921. The van der Waals surface area contributed by atoms with Crippen LogP contribution < -0.4 is 10.0 Å². The molecular weight excluding hydrogens is 250 g/mol. The van der Waals surface area contributed by atoms with Gasteiger partial charge in [0.15, 0.2) is 0 Å². The molecule has 18 heavy (non-hydrogen) atoms. The fraction of sp³-hybridized carbons (Fsp3) is 0.500. The molecule has 2 N–H and O–H groups in total. The van der Waals surface area contributed by atoms with Crippen molar-refractivity contribution in [3.05, 3.63) is 29.8 Å². The van der Waals surface area contributed by atoms with Crippen molar-refractivity contribution < 1.29 is 8.42 Å². The maximum atomic E-state index is 11.7. The van der Waals surface area contributed by atoms with Gasteiger partial charge in [0.05, 0.1) is 0 Å². The fourth-order valence-corrected chi connectivity index (χ4v) is 3.40. The zero-order chi connectivity index (χ0) is 13.3. The lowest BCUT2D eigenvalue weighted by molar-refractivity contribution is 0.315. The Bertz CT molecular complexity index is 530. The summed E-state index contributed by atoms with van der Waals surface area (Å²) in [5.74, 6) is 0. The van der Waals surface area contributed by atoms with Crippen molar-refractivity contribution in [2.45, 2.75) is 25.9 Å². The van der Waals surface area contributed by atoms with E-state index in [1.165, 1.54) is 4.31 Å². The Hall–Kier alpha value is -1.11. The van der Waals surface area contributed by atoms with Gasteiger partial charge in [0, 0.05) is 31.9 Å². The van der Waals surface area contributed by atoms with Gasteiger partial charge in [-0.25, -0.2) is 5.14 Å². The summed E-state index contributed by atoms with van der Waals surface area (Å²) in [5, 5.41) is 5.33. The van der Waals surface area contributed by atoms with Crippen LogP contribution in [0.4, 0.5) is 5.69 Å². The highest BCUT2D eigenvalue weighted by Gasteiger charge is 2.31. The van der Waals surface area contributed by atoms with Gasteiger partial charge in [-0.1, -0.05) is 25.1 Å². The van der Waals surface area contributed by atoms with E-state index in [1.807, 2.05) is 38.2 Å². The van der Waals surface area contributed by atoms with Crippen molar-refractivity contribution in [1.29, 1.82) is 0 Å². The summed E-state index contributed by atoms with van der Waals surface area (Å²) in [7, 11) is -1.69. The Morgan fingerprint density at radius 1 is 1.39 bits per heavy atom. The van der Waals surface area contributed by atoms with E-state index in [0.717, 1.165) is 17.7 Å². The maximum Gasteiger partial charge on any atom is 0.277 e. The van der Waals surface area contributed by atoms with Crippen LogP contribution in [0.1, 0.15) is 18.9 Å². The summed E-state index contributed by atoms with van der Waals surface area (Å²) in [6, 6.07) is 7.75. The Labute approximate surface area is 108 Å². The second-order valence-electron chi connectivity index (χ2n) is 4.66. The lowest BCUT2D eigenvalue weighted by Gasteiger charge is -2.28. The van der Waals surface area contributed by atoms with Gasteiger partial charge in [-0.2, -0.15) is 12.7 Å². The van der Waals surface area contributed by atoms with Crippen molar-refractivity contribution in [2.24, 2.45) is 5.14 Å². The van der Waals surface area contributed by atoms with Crippen molar-refractivity contribution >= 4 is 15.9 Å². The lowest BCUT2D eigenvalue weighted by Crippen LogP contribution is -2.46. The summed E-state index contributed by atoms with van der Waals surface area (Å²) in [5.41, 5.74) is 2.06. The second-order valence-corrected chi connectivity index (χ2v) is 6.16. The number of anilines is 1. The van der Waals surface area contributed by atoms with Gasteiger partial charge >= 0.3 is 0 Å². The van der Waals surface area contributed by atoms with Crippen molar-refractivity contribution in [3.8, 4) is 0 Å². The monoisotopic (exact) mass is 269 g/mol. The molecule has 1 aliphatic heterocycles. The number of hydrogen-bond donors (Lipinski definition) is 1. The number of rotatable bonds is 2. The normalized spacial score (nSPS) is 21.5. The molecule has 0 saturated carbocycles. The van der Waals surface area contributed by atoms with Gasteiger partial charge in [-0.05, 0) is 18.1 Å². The minimum absolute atomic E-state index is 0.0857. The Morgan fingerprint density at radius 2 is 2.06 bits per heavy atom. The van der Waals surface area contributed by atoms with E-state index < -0.39 is 10.2 Å². The maximum absolute atomic E-state index is 11.7. The van der Waals surface area contributed by atoms with Crippen molar-refractivity contribution in [1.82, 2.24) is 4.31 Å². The third-order valence-corrected chi connectivity index (χ3v) is 4.50. The van der Waals surface area contributed by atoms with Crippen LogP contribution >= 0.6 is 0 Å². The Balaban J connectivity index is 2.46. The van der Waals surface area contributed by atoms with Crippen LogP contribution in [-0.4, -0.2) is 32.4 Å². The fourth-order valence-electron chi connectivity index (χ4n) is 2.45. The van der Waals surface area contributed by atoms with Crippen molar-refractivity contribution in [3.63, 3.8) is 0 Å². The first kappa shape index (κ1) is 13.3. The van der Waals surface area contributed by atoms with Gasteiger partial charge in [0.1, 0.15) is 0 Å². The molecule has 2 rings (SSSR count). The van der Waals surface area contributed by atoms with E-state index in [1.54, 1.807) is 0 Å². The Morgan fingerprint density at radius 3 is 2.67 bits per heavy atom. The quantitative estimate of drug-likeness (QED) is 0.868. The molecule has 0 saturated heterocycles. The van der Waals surface area contributed by atoms with E-state index in [4.69, 9.17) is 5.14 Å². The molecule has 0 bridgehead atoms. The van der Waals surface area contributed by atoms with Crippen LogP contribution in [0, 0.1) is 0 Å². The number of likely N-dealkylation sites (N-methyl/N-ethyl adjacent to an activating group) is 1. The summed E-state index contributed by atoms with van der Waals surface area (Å²) in [4.78, 5) is 2.09. The first-order valence-electron chi connectivity index (χ1n) is 6.02. The number of nitrogens with zero attached hydrogens (tertiary/aromatic N) is 2. The Kier molecular flexibility index (Phi) is 3.61. The van der Waals surface area contributed by atoms with Crippen LogP contribution in [-0.2, 0) is 16.8 Å². The van der Waals surface area contributed by atoms with Crippen LogP contribution in [0.5, 0.6) is 0 Å². The van der Waals surface area contributed by atoms with E-state index in [0.29, 0.717) is 13.1 Å². The van der Waals surface area contributed by atoms with E-state index in [-0.39, 0.29) is 6.04 Å². The minimum atomic E-state index is -3.67. The molecule has 0 aromatic heterocycles. The predicted molar refractivity (Wildman–Crippen MR) is 72.4 cm³/mol. The average Bonchev–Trinajstić information content (AvgIpc) is 2.46. The first-order chi connectivity index (χ1) is 8.43. The molecule has 1 aromatic rings. The zero-order valence-corrected chi connectivity index (χ0v) is 11.5. The summed E-state index contributed by atoms with van der Waals surface area (Å²) in [6.45, 7) is 2.98. The molecule has 100 valence electrons. The topological polar surface area (TPSA) is 66.6 Å². The van der Waals surface area contributed by atoms with Gasteiger partial charge in [0.25, 0.3) is 10.2 Å². The van der Waals surface area contributed by atoms with E-state index >= 15 is 0 Å². The molecule has 0 fully saturated rings. The van der Waals surface area contributed by atoms with E-state index in [9.17, 15) is 8.42 Å². The number of hydrogen-bond acceptors (Lipinski definition) is 3. The summed E-state index contributed by atoms with van der Waals surface area (Å²) >= 11 is 0. The summed E-state index contributed by atoms with van der Waals surface area (Å²) in [6.07, 6.45) is 0.745. The van der Waals surface area contributed by atoms with Gasteiger partial charge in [-0.3, -0.25) is 0 Å². The van der Waals surface area contributed by atoms with Gasteiger partial charge < -0.3 is 4.90 Å². The molecule has 0 radical (unpaired) electrons. The van der Waals surface area contributed by atoms with Crippen LogP contribution in [0.2, 0.25) is 0 Å². The SMILES string of the molecule is CCC1CN(C)c2ccccc2CN1S(N)(=O)=O. The molecular formula is C12H19N3O2S. The molecule has 0 amide bonds. The summed E-state index contributed by atoms with van der Waals surface area (Å²) < 4.78 is 24.8. The molecule has 0 aliphatic carbocycles.